The monoisotopic (exact) mass is 302 g/mol. The number of rotatable bonds is 6. The highest BCUT2D eigenvalue weighted by Gasteiger charge is 2.22. The zero-order chi connectivity index (χ0) is 15.9. The molecule has 6 nitrogen and oxygen atoms in total. The van der Waals surface area contributed by atoms with Crippen LogP contribution in [0.15, 0.2) is 47.7 Å². The summed E-state index contributed by atoms with van der Waals surface area (Å²) in [4.78, 5) is 6.47. The Hall–Kier alpha value is -2.63. The van der Waals surface area contributed by atoms with Crippen molar-refractivity contribution in [2.24, 2.45) is 5.11 Å². The number of hydrogen-bond acceptors (Lipinski definition) is 4. The smallest absolute Gasteiger partial charge is 0.210 e. The Bertz CT molecular complexity index is 654. The van der Waals surface area contributed by atoms with Crippen LogP contribution in [0.3, 0.4) is 0 Å². The van der Waals surface area contributed by atoms with E-state index in [2.05, 4.69) is 15.0 Å². The van der Waals surface area contributed by atoms with E-state index < -0.39 is 18.8 Å². The summed E-state index contributed by atoms with van der Waals surface area (Å²) in [5, 5.41) is 12.6. The lowest BCUT2D eigenvalue weighted by Crippen LogP contribution is -2.20. The van der Waals surface area contributed by atoms with Crippen molar-refractivity contribution >= 4 is 0 Å². The first-order valence-electron chi connectivity index (χ1n) is 6.58. The van der Waals surface area contributed by atoms with Crippen LogP contribution in [0.1, 0.15) is 11.7 Å². The van der Waals surface area contributed by atoms with Gasteiger partial charge in [0.15, 0.2) is 0 Å². The molecule has 0 aliphatic carbocycles. The maximum absolute atomic E-state index is 13.0. The molecule has 2 atom stereocenters. The fourth-order valence-electron chi connectivity index (χ4n) is 2.18. The molecule has 2 aromatic rings. The topological polar surface area (TPSA) is 91.1 Å². The minimum atomic E-state index is -0.906. The predicted octanol–water partition coefficient (Wildman–Crippen LogP) is 3.79. The Morgan fingerprint density at radius 1 is 1.27 bits per heavy atom. The van der Waals surface area contributed by atoms with Crippen LogP contribution in [-0.4, -0.2) is 29.9 Å². The van der Waals surface area contributed by atoms with Crippen LogP contribution in [0.5, 0.6) is 5.88 Å². The number of alkyl halides is 1. The van der Waals surface area contributed by atoms with E-state index in [0.29, 0.717) is 5.56 Å². The van der Waals surface area contributed by atoms with Crippen LogP contribution >= 0.6 is 0 Å². The molecule has 1 heterocycles. The molecular weight excluding hydrogens is 287 g/mol. The number of azide groups is 1. The number of aromatic hydroxyl groups is 1. The quantitative estimate of drug-likeness (QED) is 0.500. The molecule has 1 N–H and O–H groups in total. The number of ether oxygens (including phenoxy) is 1. The average molecular weight is 302 g/mol. The molecule has 1 aromatic heterocycles. The van der Waals surface area contributed by atoms with Crippen molar-refractivity contribution in [3.05, 3.63) is 58.6 Å². The van der Waals surface area contributed by atoms with E-state index >= 15 is 0 Å². The molecule has 0 unspecified atom stereocenters. The van der Waals surface area contributed by atoms with Crippen molar-refractivity contribution in [1.29, 1.82) is 0 Å². The Balaban J connectivity index is 2.26. The lowest BCUT2D eigenvalue weighted by molar-refractivity contribution is 0.0722. The van der Waals surface area contributed by atoms with E-state index in [1.54, 1.807) is 24.4 Å². The summed E-state index contributed by atoms with van der Waals surface area (Å²) in [6.45, 7) is -0.799. The number of pyridine rings is 1. The highest BCUT2D eigenvalue weighted by molar-refractivity contribution is 5.63. The number of nitrogens with zero attached hydrogens (tertiary/aromatic N) is 4. The summed E-state index contributed by atoms with van der Waals surface area (Å²) >= 11 is 0. The molecule has 0 aliphatic rings. The fraction of sp³-hybridized carbons (Fsp3) is 0.267. The number of halogens is 1. The standard InChI is InChI=1S/C15H15FN4O2/c1-22-15(13(8-16)19-20-17)11-4-2-10(3-5-11)12-6-7-14(21)18-9-12/h2-7,9,13,15H,8H2,1H3,(H,18,21)/t13-,15-/m1/s1. The summed E-state index contributed by atoms with van der Waals surface area (Å²) in [5.74, 6) is -0.0417. The lowest BCUT2D eigenvalue weighted by atomic mass is 10.00. The summed E-state index contributed by atoms with van der Waals surface area (Å²) in [6, 6.07) is 9.58. The molecule has 114 valence electrons. The van der Waals surface area contributed by atoms with Gasteiger partial charge in [-0.05, 0) is 22.7 Å². The van der Waals surface area contributed by atoms with Gasteiger partial charge in [0.25, 0.3) is 0 Å². The van der Waals surface area contributed by atoms with Crippen molar-refractivity contribution in [1.82, 2.24) is 4.98 Å². The van der Waals surface area contributed by atoms with Gasteiger partial charge in [-0.15, -0.1) is 0 Å². The average Bonchev–Trinajstić information content (AvgIpc) is 2.56. The molecule has 7 heteroatoms. The minimum absolute atomic E-state index is 0.0417. The number of hydrogen-bond donors (Lipinski definition) is 1. The molecule has 0 spiro atoms. The van der Waals surface area contributed by atoms with Gasteiger partial charge in [0, 0.05) is 29.8 Å². The Labute approximate surface area is 126 Å². The van der Waals surface area contributed by atoms with Gasteiger partial charge in [-0.3, -0.25) is 4.39 Å². The molecule has 0 saturated carbocycles. The van der Waals surface area contributed by atoms with Gasteiger partial charge in [0.2, 0.25) is 5.88 Å². The van der Waals surface area contributed by atoms with Crippen LogP contribution < -0.4 is 0 Å². The van der Waals surface area contributed by atoms with Crippen LogP contribution in [0, 0.1) is 0 Å². The lowest BCUT2D eigenvalue weighted by Gasteiger charge is -2.20. The highest BCUT2D eigenvalue weighted by atomic mass is 19.1. The maximum atomic E-state index is 13.0. The third-order valence-corrected chi connectivity index (χ3v) is 3.28. The molecule has 0 saturated heterocycles. The largest absolute Gasteiger partial charge is 0.493 e. The second-order valence-electron chi connectivity index (χ2n) is 4.61. The first-order chi connectivity index (χ1) is 10.7. The van der Waals surface area contributed by atoms with E-state index in [1.165, 1.54) is 13.2 Å². The van der Waals surface area contributed by atoms with E-state index in [9.17, 15) is 9.50 Å². The summed E-state index contributed by atoms with van der Waals surface area (Å²) < 4.78 is 18.2. The predicted molar refractivity (Wildman–Crippen MR) is 80.0 cm³/mol. The first kappa shape index (κ1) is 15.8. The molecule has 2 rings (SSSR count). The van der Waals surface area contributed by atoms with Gasteiger partial charge in [-0.1, -0.05) is 29.4 Å². The Morgan fingerprint density at radius 2 is 1.95 bits per heavy atom. The molecule has 1 aromatic carbocycles. The maximum Gasteiger partial charge on any atom is 0.210 e. The van der Waals surface area contributed by atoms with Crippen molar-refractivity contribution in [2.75, 3.05) is 13.8 Å². The molecule has 0 bridgehead atoms. The van der Waals surface area contributed by atoms with E-state index in [1.807, 2.05) is 12.1 Å². The third kappa shape index (κ3) is 3.52. The summed E-state index contributed by atoms with van der Waals surface area (Å²) in [5.41, 5.74) is 10.9. The van der Waals surface area contributed by atoms with Crippen LogP contribution in [0.2, 0.25) is 0 Å². The summed E-state index contributed by atoms with van der Waals surface area (Å²) in [7, 11) is 1.44. The summed E-state index contributed by atoms with van der Waals surface area (Å²) in [6.07, 6.45) is 0.913. The Morgan fingerprint density at radius 3 is 2.45 bits per heavy atom. The fourth-order valence-corrected chi connectivity index (χ4v) is 2.18. The van der Waals surface area contributed by atoms with Crippen molar-refractivity contribution < 1.29 is 14.2 Å². The second kappa shape index (κ2) is 7.40. The number of methoxy groups -OCH3 is 1. The van der Waals surface area contributed by atoms with Crippen molar-refractivity contribution in [2.45, 2.75) is 12.1 Å². The van der Waals surface area contributed by atoms with Crippen molar-refractivity contribution in [3.8, 4) is 17.0 Å². The van der Waals surface area contributed by atoms with Gasteiger partial charge in [0.1, 0.15) is 6.67 Å². The number of benzene rings is 1. The van der Waals surface area contributed by atoms with Crippen LogP contribution in [-0.2, 0) is 4.74 Å². The highest BCUT2D eigenvalue weighted by Crippen LogP contribution is 2.27. The zero-order valence-corrected chi connectivity index (χ0v) is 11.9. The van der Waals surface area contributed by atoms with Gasteiger partial charge in [-0.2, -0.15) is 0 Å². The molecule has 0 amide bonds. The Kier molecular flexibility index (Phi) is 5.30. The number of aromatic nitrogens is 1. The van der Waals surface area contributed by atoms with Gasteiger partial charge in [-0.25, -0.2) is 4.98 Å². The normalized spacial score (nSPS) is 13.2. The second-order valence-corrected chi connectivity index (χ2v) is 4.61. The third-order valence-electron chi connectivity index (χ3n) is 3.28. The van der Waals surface area contributed by atoms with Crippen LogP contribution in [0.4, 0.5) is 4.39 Å². The molecule has 0 aliphatic heterocycles. The zero-order valence-electron chi connectivity index (χ0n) is 11.9. The van der Waals surface area contributed by atoms with Crippen LogP contribution in [0.25, 0.3) is 21.6 Å². The van der Waals surface area contributed by atoms with Crippen molar-refractivity contribution in [3.63, 3.8) is 0 Å². The molecular formula is C15H15FN4O2. The van der Waals surface area contributed by atoms with Gasteiger partial charge in [0.05, 0.1) is 12.1 Å². The SMILES string of the molecule is CO[C@H](c1ccc(-c2ccc(O)nc2)cc1)[C@@H](CF)N=[N+]=[N-]. The minimum Gasteiger partial charge on any atom is -0.493 e. The molecule has 0 radical (unpaired) electrons. The van der Waals surface area contributed by atoms with Gasteiger partial charge >= 0.3 is 0 Å². The van der Waals surface area contributed by atoms with E-state index in [0.717, 1.165) is 11.1 Å². The van der Waals surface area contributed by atoms with E-state index in [4.69, 9.17) is 10.3 Å². The van der Waals surface area contributed by atoms with E-state index in [-0.39, 0.29) is 5.88 Å². The molecule has 0 fully saturated rings. The first-order valence-corrected chi connectivity index (χ1v) is 6.58. The molecule has 22 heavy (non-hydrogen) atoms. The van der Waals surface area contributed by atoms with Gasteiger partial charge < -0.3 is 9.84 Å².